The molecule has 0 aliphatic carbocycles. The molecule has 0 spiro atoms. The molecule has 0 bridgehead atoms. The van der Waals surface area contributed by atoms with Gasteiger partial charge in [0.05, 0.1) is 17.1 Å². The van der Waals surface area contributed by atoms with E-state index in [2.05, 4.69) is 10.00 Å². The smallest absolute Gasteiger partial charge is 0.264 e. The number of aryl methyl sites for hydroxylation is 2. The third-order valence-electron chi connectivity index (χ3n) is 3.44. The monoisotopic (exact) mass is 340 g/mol. The number of hydrogen-bond donors (Lipinski definition) is 0. The maximum atomic E-state index is 12.7. The summed E-state index contributed by atoms with van der Waals surface area (Å²) < 4.78 is 1.63. The lowest BCUT2D eigenvalue weighted by Crippen LogP contribution is -2.27. The zero-order valence-electron chi connectivity index (χ0n) is 13.6. The second-order valence-corrected chi connectivity index (χ2v) is 6.93. The topological polar surface area (TPSA) is 41.4 Å². The molecule has 0 unspecified atom stereocenters. The summed E-state index contributed by atoms with van der Waals surface area (Å²) in [4.78, 5) is 17.2. The van der Waals surface area contributed by atoms with Gasteiger partial charge in [0, 0.05) is 26.2 Å². The highest BCUT2D eigenvalue weighted by Crippen LogP contribution is 2.23. The highest BCUT2D eigenvalue weighted by atomic mass is 35.5. The van der Waals surface area contributed by atoms with Crippen LogP contribution in [0.1, 0.15) is 26.5 Å². The molecule has 0 aliphatic rings. The van der Waals surface area contributed by atoms with Crippen molar-refractivity contribution >= 4 is 28.8 Å². The van der Waals surface area contributed by atoms with E-state index in [1.807, 2.05) is 32.5 Å². The van der Waals surface area contributed by atoms with Crippen LogP contribution in [-0.2, 0) is 20.1 Å². The number of hydrogen-bond acceptors (Lipinski definition) is 4. The van der Waals surface area contributed by atoms with E-state index in [1.54, 1.807) is 23.7 Å². The Hall–Kier alpha value is -1.37. The summed E-state index contributed by atoms with van der Waals surface area (Å²) >= 11 is 7.73. The molecule has 0 atom stereocenters. The first kappa shape index (κ1) is 17.0. The van der Waals surface area contributed by atoms with Crippen molar-refractivity contribution in [1.29, 1.82) is 0 Å². The predicted octanol–water partition coefficient (Wildman–Crippen LogP) is 2.78. The van der Waals surface area contributed by atoms with Gasteiger partial charge in [0.1, 0.15) is 5.15 Å². The average Bonchev–Trinajstić information content (AvgIpc) is 2.97. The van der Waals surface area contributed by atoms with Gasteiger partial charge < -0.3 is 9.80 Å². The molecule has 0 saturated heterocycles. The summed E-state index contributed by atoms with van der Waals surface area (Å²) in [7, 11) is 7.59. The Labute approximate surface area is 140 Å². The summed E-state index contributed by atoms with van der Waals surface area (Å²) in [5, 5.41) is 6.83. The van der Waals surface area contributed by atoms with Crippen LogP contribution in [-0.4, -0.2) is 46.6 Å². The normalized spacial score (nSPS) is 11.2. The van der Waals surface area contributed by atoms with Crippen molar-refractivity contribution in [2.24, 2.45) is 7.05 Å². The highest BCUT2D eigenvalue weighted by molar-refractivity contribution is 7.12. The van der Waals surface area contributed by atoms with Crippen LogP contribution in [0.2, 0.25) is 5.15 Å². The molecular formula is C15H21ClN4OS. The predicted molar refractivity (Wildman–Crippen MR) is 90.5 cm³/mol. The maximum absolute atomic E-state index is 12.7. The molecule has 7 heteroatoms. The third kappa shape index (κ3) is 3.51. The van der Waals surface area contributed by atoms with Crippen molar-refractivity contribution in [3.63, 3.8) is 0 Å². The number of amides is 1. The molecule has 22 heavy (non-hydrogen) atoms. The molecular weight excluding hydrogens is 320 g/mol. The molecule has 2 aromatic rings. The van der Waals surface area contributed by atoms with Gasteiger partial charge in [-0.05, 0) is 38.0 Å². The zero-order chi connectivity index (χ0) is 16.4. The lowest BCUT2D eigenvalue weighted by atomic mass is 10.2. The molecule has 5 nitrogen and oxygen atoms in total. The number of carbonyl (C=O) groups excluding carboxylic acids is 1. The first-order chi connectivity index (χ1) is 10.3. The van der Waals surface area contributed by atoms with Crippen LogP contribution in [0.15, 0.2) is 11.4 Å². The van der Waals surface area contributed by atoms with E-state index >= 15 is 0 Å². The number of nitrogens with zero attached hydrogens (tertiary/aromatic N) is 4. The quantitative estimate of drug-likeness (QED) is 0.840. The molecule has 0 aliphatic heterocycles. The van der Waals surface area contributed by atoms with Crippen LogP contribution in [0.25, 0.3) is 0 Å². The minimum absolute atomic E-state index is 0.0196. The second kappa shape index (κ2) is 6.81. The van der Waals surface area contributed by atoms with E-state index < -0.39 is 0 Å². The van der Waals surface area contributed by atoms with E-state index in [4.69, 9.17) is 11.6 Å². The van der Waals surface area contributed by atoms with Crippen LogP contribution in [0.3, 0.4) is 0 Å². The third-order valence-corrected chi connectivity index (χ3v) is 4.86. The molecule has 1 amide bonds. The van der Waals surface area contributed by atoms with Gasteiger partial charge in [-0.1, -0.05) is 11.6 Å². The molecule has 2 heterocycles. The van der Waals surface area contributed by atoms with Crippen LogP contribution in [0.5, 0.6) is 0 Å². The fourth-order valence-corrected chi connectivity index (χ4v) is 3.47. The Balaban J connectivity index is 2.18. The van der Waals surface area contributed by atoms with Crippen molar-refractivity contribution in [2.75, 3.05) is 21.1 Å². The first-order valence-corrected chi connectivity index (χ1v) is 8.21. The van der Waals surface area contributed by atoms with Gasteiger partial charge in [0.15, 0.2) is 0 Å². The van der Waals surface area contributed by atoms with Crippen LogP contribution < -0.4 is 0 Å². The largest absolute Gasteiger partial charge is 0.336 e. The summed E-state index contributed by atoms with van der Waals surface area (Å²) in [6, 6.07) is 2.01. The zero-order valence-corrected chi connectivity index (χ0v) is 15.1. The van der Waals surface area contributed by atoms with E-state index in [0.717, 1.165) is 28.2 Å². The fourth-order valence-electron chi connectivity index (χ4n) is 2.32. The van der Waals surface area contributed by atoms with Gasteiger partial charge >= 0.3 is 0 Å². The van der Waals surface area contributed by atoms with E-state index in [0.29, 0.717) is 11.7 Å². The van der Waals surface area contributed by atoms with E-state index in [1.165, 1.54) is 11.3 Å². The Kier molecular flexibility index (Phi) is 5.26. The second-order valence-electron chi connectivity index (χ2n) is 5.65. The van der Waals surface area contributed by atoms with Gasteiger partial charge in [0.25, 0.3) is 5.91 Å². The molecule has 0 N–H and O–H groups in total. The fraction of sp³-hybridized carbons (Fsp3) is 0.467. The van der Waals surface area contributed by atoms with Gasteiger partial charge in [-0.25, -0.2) is 0 Å². The SMILES string of the molecule is Cc1nn(C)c(Cl)c1CN(C)C(=O)c1sccc1CN(C)C. The minimum atomic E-state index is 0.0196. The molecule has 0 radical (unpaired) electrons. The molecule has 120 valence electrons. The Morgan fingerprint density at radius 2 is 2.05 bits per heavy atom. The summed E-state index contributed by atoms with van der Waals surface area (Å²) in [5.74, 6) is 0.0196. The molecule has 0 fully saturated rings. The van der Waals surface area contributed by atoms with Gasteiger partial charge in [-0.2, -0.15) is 5.10 Å². The Morgan fingerprint density at radius 1 is 1.36 bits per heavy atom. The van der Waals surface area contributed by atoms with E-state index in [9.17, 15) is 4.79 Å². The Bertz CT molecular complexity index is 677. The van der Waals surface area contributed by atoms with Gasteiger partial charge in [0.2, 0.25) is 0 Å². The maximum Gasteiger partial charge on any atom is 0.264 e. The minimum Gasteiger partial charge on any atom is -0.336 e. The lowest BCUT2D eigenvalue weighted by molar-refractivity contribution is 0.0788. The molecule has 2 rings (SSSR count). The summed E-state index contributed by atoms with van der Waals surface area (Å²) in [5.41, 5.74) is 2.80. The number of rotatable bonds is 5. The first-order valence-electron chi connectivity index (χ1n) is 6.95. The number of thiophene rings is 1. The van der Waals surface area contributed by atoms with E-state index in [-0.39, 0.29) is 5.91 Å². The summed E-state index contributed by atoms with van der Waals surface area (Å²) in [6.45, 7) is 3.11. The van der Waals surface area contributed by atoms with Crippen LogP contribution in [0, 0.1) is 6.92 Å². The van der Waals surface area contributed by atoms with Crippen LogP contribution >= 0.6 is 22.9 Å². The van der Waals surface area contributed by atoms with Crippen molar-refractivity contribution in [3.05, 3.63) is 38.3 Å². The number of carbonyl (C=O) groups is 1. The van der Waals surface area contributed by atoms with Gasteiger partial charge in [-0.3, -0.25) is 9.48 Å². The van der Waals surface area contributed by atoms with Gasteiger partial charge in [-0.15, -0.1) is 11.3 Å². The Morgan fingerprint density at radius 3 is 2.59 bits per heavy atom. The number of aromatic nitrogens is 2. The van der Waals surface area contributed by atoms with Crippen LogP contribution in [0.4, 0.5) is 0 Å². The van der Waals surface area contributed by atoms with Crippen molar-refractivity contribution < 1.29 is 4.79 Å². The lowest BCUT2D eigenvalue weighted by Gasteiger charge is -2.18. The molecule has 0 aromatic carbocycles. The average molecular weight is 341 g/mol. The highest BCUT2D eigenvalue weighted by Gasteiger charge is 2.21. The number of halogens is 1. The molecule has 2 aromatic heterocycles. The molecule has 0 saturated carbocycles. The van der Waals surface area contributed by atoms with Crippen molar-refractivity contribution in [1.82, 2.24) is 19.6 Å². The van der Waals surface area contributed by atoms with Crippen molar-refractivity contribution in [3.8, 4) is 0 Å². The van der Waals surface area contributed by atoms with Crippen molar-refractivity contribution in [2.45, 2.75) is 20.0 Å². The standard InChI is InChI=1S/C15H21ClN4OS/c1-10-12(14(16)20(5)17-10)9-19(4)15(21)13-11(6-7-22-13)8-18(2)3/h6-7H,8-9H2,1-5H3. The summed E-state index contributed by atoms with van der Waals surface area (Å²) in [6.07, 6.45) is 0.